The first-order chi connectivity index (χ1) is 3.81. The fraction of sp³-hybridized carbons (Fsp3) is 0.333. The minimum absolute atomic E-state index is 0.876. The second-order valence-electron chi connectivity index (χ2n) is 1.65. The summed E-state index contributed by atoms with van der Waals surface area (Å²) in [5.74, 6) is 0. The van der Waals surface area contributed by atoms with Crippen LogP contribution in [-0.2, 0) is 0 Å². The summed E-state index contributed by atoms with van der Waals surface area (Å²) in [7, 11) is 0. The first-order valence-corrected chi connectivity index (χ1v) is 13.5. The minimum atomic E-state index is -0.876. The fourth-order valence-corrected chi connectivity index (χ4v) is 6.12. The average molecular weight is 279 g/mol. The predicted molar refractivity (Wildman–Crippen MR) is 49.8 cm³/mol. The molecular formula is C6H10GaI. The zero-order valence-corrected chi connectivity index (χ0v) is 9.52. The van der Waals surface area contributed by atoms with Crippen LogP contribution >= 0.6 is 19.7 Å². The van der Waals surface area contributed by atoms with Gasteiger partial charge in [0.2, 0.25) is 0 Å². The third-order valence-corrected chi connectivity index (χ3v) is 9.67. The molecule has 0 amide bonds. The molecule has 0 aliphatic rings. The first kappa shape index (κ1) is 8.85. The van der Waals surface area contributed by atoms with Crippen LogP contribution in [0.15, 0.2) is 25.3 Å². The van der Waals surface area contributed by atoms with Crippen LogP contribution in [0.25, 0.3) is 0 Å². The molecule has 0 atom stereocenters. The Bertz CT molecular complexity index is 70.6. The van der Waals surface area contributed by atoms with Crippen LogP contribution in [0.4, 0.5) is 0 Å². The normalized spacial score (nSPS) is 8.12. The van der Waals surface area contributed by atoms with E-state index in [4.69, 9.17) is 0 Å². The molecule has 44 valence electrons. The van der Waals surface area contributed by atoms with Gasteiger partial charge in [0, 0.05) is 0 Å². The monoisotopic (exact) mass is 278 g/mol. The maximum atomic E-state index is 3.69. The molecule has 2 heteroatoms. The Morgan fingerprint density at radius 1 is 1.25 bits per heavy atom. The number of hydrogen-bond donors (Lipinski definition) is 0. The van der Waals surface area contributed by atoms with Crippen molar-refractivity contribution >= 4 is 32.3 Å². The summed E-state index contributed by atoms with van der Waals surface area (Å²) in [6.45, 7) is 7.38. The van der Waals surface area contributed by atoms with Crippen LogP contribution in [0.2, 0.25) is 9.95 Å². The van der Waals surface area contributed by atoms with Gasteiger partial charge in [0.25, 0.3) is 0 Å². The summed E-state index contributed by atoms with van der Waals surface area (Å²) in [6, 6.07) is 0. The van der Waals surface area contributed by atoms with Gasteiger partial charge in [0.1, 0.15) is 0 Å². The van der Waals surface area contributed by atoms with Crippen LogP contribution in [0.5, 0.6) is 0 Å². The van der Waals surface area contributed by atoms with Gasteiger partial charge >= 0.3 is 67.6 Å². The Hall–Kier alpha value is 0.846. The van der Waals surface area contributed by atoms with E-state index < -0.39 is 12.7 Å². The molecule has 0 bridgehead atoms. The Morgan fingerprint density at radius 2 is 1.62 bits per heavy atom. The van der Waals surface area contributed by atoms with E-state index in [1.54, 1.807) is 0 Å². The molecule has 0 spiro atoms. The van der Waals surface area contributed by atoms with Crippen molar-refractivity contribution in [1.82, 2.24) is 0 Å². The SMILES string of the molecule is C=C[CH2][Ga]([I])[CH2]C=C. The van der Waals surface area contributed by atoms with Crippen molar-refractivity contribution < 1.29 is 0 Å². The van der Waals surface area contributed by atoms with Gasteiger partial charge in [0.15, 0.2) is 0 Å². The van der Waals surface area contributed by atoms with Crippen molar-refractivity contribution in [3.8, 4) is 0 Å². The van der Waals surface area contributed by atoms with Gasteiger partial charge in [-0.2, -0.15) is 0 Å². The summed E-state index contributed by atoms with van der Waals surface area (Å²) in [5.41, 5.74) is 0. The third kappa shape index (κ3) is 4.99. The molecule has 0 unspecified atom stereocenters. The maximum absolute atomic E-state index is 3.69. The van der Waals surface area contributed by atoms with Crippen LogP contribution in [0.1, 0.15) is 0 Å². The Morgan fingerprint density at radius 3 is 1.88 bits per heavy atom. The van der Waals surface area contributed by atoms with Gasteiger partial charge in [-0.3, -0.25) is 0 Å². The number of halogens is 1. The number of allylic oxidation sites excluding steroid dienone is 2. The van der Waals surface area contributed by atoms with Gasteiger partial charge in [-0.05, 0) is 0 Å². The summed E-state index contributed by atoms with van der Waals surface area (Å²) in [4.78, 5) is 2.55. The van der Waals surface area contributed by atoms with Gasteiger partial charge in [-0.15, -0.1) is 0 Å². The van der Waals surface area contributed by atoms with Crippen LogP contribution in [-0.4, -0.2) is 12.7 Å². The van der Waals surface area contributed by atoms with Crippen molar-refractivity contribution in [2.24, 2.45) is 0 Å². The van der Waals surface area contributed by atoms with E-state index in [-0.39, 0.29) is 0 Å². The zero-order valence-electron chi connectivity index (χ0n) is 4.94. The second-order valence-corrected chi connectivity index (χ2v) is 15.3. The predicted octanol–water partition coefficient (Wildman–Crippen LogP) is 2.78. The molecule has 0 aromatic heterocycles. The summed E-state index contributed by atoms with van der Waals surface area (Å²) < 4.78 is 0. The fourth-order valence-electron chi connectivity index (χ4n) is 0.458. The molecule has 0 nitrogen and oxygen atoms in total. The third-order valence-electron chi connectivity index (χ3n) is 0.845. The van der Waals surface area contributed by atoms with E-state index >= 15 is 0 Å². The van der Waals surface area contributed by atoms with Crippen LogP contribution in [0, 0.1) is 0 Å². The standard InChI is InChI=1S/2C3H5.Ga.HI/c2*1-3-2;;/h2*3H,1-2H2;;1H/q;;+1;/p-1. The van der Waals surface area contributed by atoms with Gasteiger partial charge < -0.3 is 0 Å². The topological polar surface area (TPSA) is 0 Å². The molecule has 0 aliphatic heterocycles. The van der Waals surface area contributed by atoms with E-state index in [0.717, 1.165) is 0 Å². The summed E-state index contributed by atoms with van der Waals surface area (Å²) in [6.07, 6.45) is 4.06. The molecule has 0 saturated heterocycles. The average Bonchev–Trinajstić information content (AvgIpc) is 1.68. The van der Waals surface area contributed by atoms with Crippen LogP contribution in [0.3, 0.4) is 0 Å². The van der Waals surface area contributed by atoms with E-state index in [0.29, 0.717) is 0 Å². The summed E-state index contributed by atoms with van der Waals surface area (Å²) >= 11 is 1.71. The zero-order chi connectivity index (χ0) is 6.41. The molecular weight excluding hydrogens is 269 g/mol. The Labute approximate surface area is 67.2 Å². The number of rotatable bonds is 4. The molecule has 0 rings (SSSR count). The van der Waals surface area contributed by atoms with E-state index in [9.17, 15) is 0 Å². The Balaban J connectivity index is 3.16. The molecule has 0 fully saturated rings. The van der Waals surface area contributed by atoms with Crippen molar-refractivity contribution in [3.05, 3.63) is 25.3 Å². The van der Waals surface area contributed by atoms with Gasteiger partial charge in [-0.1, -0.05) is 0 Å². The van der Waals surface area contributed by atoms with E-state index in [2.05, 4.69) is 32.8 Å². The Kier molecular flexibility index (Phi) is 6.61. The summed E-state index contributed by atoms with van der Waals surface area (Å²) in [5, 5.41) is 0. The first-order valence-electron chi connectivity index (χ1n) is 2.67. The quantitative estimate of drug-likeness (QED) is 0.421. The molecule has 0 heterocycles. The van der Waals surface area contributed by atoms with Gasteiger partial charge in [0.05, 0.1) is 0 Å². The number of hydrogen-bond acceptors (Lipinski definition) is 0. The second kappa shape index (κ2) is 5.97. The molecule has 0 aliphatic carbocycles. The molecule has 0 radical (unpaired) electrons. The van der Waals surface area contributed by atoms with E-state index in [1.807, 2.05) is 12.2 Å². The van der Waals surface area contributed by atoms with Crippen molar-refractivity contribution in [2.75, 3.05) is 0 Å². The van der Waals surface area contributed by atoms with E-state index in [1.165, 1.54) is 9.95 Å². The van der Waals surface area contributed by atoms with Crippen molar-refractivity contribution in [1.29, 1.82) is 0 Å². The van der Waals surface area contributed by atoms with Crippen LogP contribution < -0.4 is 0 Å². The molecule has 0 aromatic rings. The van der Waals surface area contributed by atoms with Crippen molar-refractivity contribution in [3.63, 3.8) is 0 Å². The van der Waals surface area contributed by atoms with Crippen molar-refractivity contribution in [2.45, 2.75) is 9.95 Å². The molecule has 0 N–H and O–H groups in total. The van der Waals surface area contributed by atoms with Gasteiger partial charge in [-0.25, -0.2) is 0 Å². The molecule has 8 heavy (non-hydrogen) atoms. The molecule has 0 aromatic carbocycles. The molecule has 0 saturated carbocycles.